The number of hydrogen-bond acceptors (Lipinski definition) is 7. The van der Waals surface area contributed by atoms with Crippen molar-refractivity contribution in [1.82, 2.24) is 30.3 Å². The number of aryl methyl sites for hydroxylation is 1. The largest absolute Gasteiger partial charge is 0.493 e. The van der Waals surface area contributed by atoms with Crippen LogP contribution < -0.4 is 20.1 Å². The van der Waals surface area contributed by atoms with Crippen molar-refractivity contribution in [3.8, 4) is 11.5 Å². The van der Waals surface area contributed by atoms with E-state index in [0.717, 1.165) is 0 Å². The number of nitrogens with zero attached hydrogens (tertiary/aromatic N) is 4. The highest BCUT2D eigenvalue weighted by Gasteiger charge is 2.27. The first-order valence-corrected chi connectivity index (χ1v) is 13.2. The second-order valence-corrected chi connectivity index (χ2v) is 10.3. The van der Waals surface area contributed by atoms with Crippen LogP contribution >= 0.6 is 0 Å². The van der Waals surface area contributed by atoms with Gasteiger partial charge in [-0.15, -0.1) is 0 Å². The fourth-order valence-corrected chi connectivity index (χ4v) is 4.31. The van der Waals surface area contributed by atoms with E-state index in [-0.39, 0.29) is 42.7 Å². The second kappa shape index (κ2) is 13.3. The molecule has 1 atom stereocenters. The van der Waals surface area contributed by atoms with Gasteiger partial charge >= 0.3 is 0 Å². The normalized spacial score (nSPS) is 17.7. The highest BCUT2D eigenvalue weighted by atomic mass is 16.5. The van der Waals surface area contributed by atoms with E-state index in [4.69, 9.17) is 9.47 Å². The van der Waals surface area contributed by atoms with Gasteiger partial charge in [0, 0.05) is 25.1 Å². The fraction of sp³-hybridized carbons (Fsp3) is 0.593. The van der Waals surface area contributed by atoms with E-state index in [1.165, 1.54) is 0 Å². The molecule has 0 radical (unpaired) electrons. The van der Waals surface area contributed by atoms with E-state index >= 15 is 0 Å². The fourth-order valence-electron chi connectivity index (χ4n) is 4.31. The Balaban J connectivity index is 1.94. The smallest absolute Gasteiger partial charge is 0.251 e. The number of amides is 3. The summed E-state index contributed by atoms with van der Waals surface area (Å²) in [5, 5.41) is 10.5. The minimum absolute atomic E-state index is 0.0274. The van der Waals surface area contributed by atoms with E-state index in [1.54, 1.807) is 41.8 Å². The number of rotatable bonds is 4. The number of carbonyl (C=O) groups is 3. The SMILES string of the molecule is COc1ccc2cc1OCCn1nc(C)nc1[C@H](C(C)C)NC(=O)CN(C(=O)CC(C)C)CCCNC2=O. The van der Waals surface area contributed by atoms with Crippen molar-refractivity contribution in [2.24, 2.45) is 11.8 Å². The zero-order valence-corrected chi connectivity index (χ0v) is 23.2. The van der Waals surface area contributed by atoms with Crippen LogP contribution in [-0.4, -0.2) is 70.7 Å². The van der Waals surface area contributed by atoms with Crippen molar-refractivity contribution in [3.63, 3.8) is 0 Å². The predicted molar refractivity (Wildman–Crippen MR) is 142 cm³/mol. The molecule has 11 nitrogen and oxygen atoms in total. The third kappa shape index (κ3) is 7.69. The minimum atomic E-state index is -0.401. The Morgan fingerprint density at radius 3 is 2.66 bits per heavy atom. The zero-order chi connectivity index (χ0) is 27.8. The maximum Gasteiger partial charge on any atom is 0.251 e. The van der Waals surface area contributed by atoms with Crippen molar-refractivity contribution in [3.05, 3.63) is 35.4 Å². The lowest BCUT2D eigenvalue weighted by Gasteiger charge is -2.26. The average molecular weight is 529 g/mol. The molecule has 11 heteroatoms. The third-order valence-electron chi connectivity index (χ3n) is 6.21. The molecule has 0 fully saturated rings. The highest BCUT2D eigenvalue weighted by Crippen LogP contribution is 2.28. The van der Waals surface area contributed by atoms with Crippen LogP contribution in [0.15, 0.2) is 18.2 Å². The van der Waals surface area contributed by atoms with E-state index in [2.05, 4.69) is 20.7 Å². The number of aromatic nitrogens is 3. The van der Waals surface area contributed by atoms with Crippen molar-refractivity contribution in [1.29, 1.82) is 0 Å². The number of methoxy groups -OCH3 is 1. The molecule has 3 amide bonds. The number of carbonyl (C=O) groups excluding carboxylic acids is 3. The molecule has 3 rings (SSSR count). The zero-order valence-electron chi connectivity index (χ0n) is 23.2. The molecule has 0 spiro atoms. The van der Waals surface area contributed by atoms with Gasteiger partial charge in [-0.05, 0) is 43.4 Å². The summed E-state index contributed by atoms with van der Waals surface area (Å²) < 4.78 is 13.1. The number of benzene rings is 1. The van der Waals surface area contributed by atoms with Crippen LogP contribution in [0.1, 0.15) is 68.6 Å². The highest BCUT2D eigenvalue weighted by molar-refractivity contribution is 5.94. The van der Waals surface area contributed by atoms with Crippen LogP contribution in [0.2, 0.25) is 0 Å². The van der Waals surface area contributed by atoms with Gasteiger partial charge in [0.15, 0.2) is 11.5 Å². The van der Waals surface area contributed by atoms with Gasteiger partial charge < -0.3 is 25.0 Å². The topological polar surface area (TPSA) is 128 Å². The first-order valence-electron chi connectivity index (χ1n) is 13.2. The molecule has 2 heterocycles. The quantitative estimate of drug-likeness (QED) is 0.624. The lowest BCUT2D eigenvalue weighted by Crippen LogP contribution is -2.44. The Labute approximate surface area is 224 Å². The number of fused-ring (bicyclic) bond motifs is 3. The van der Waals surface area contributed by atoms with Crippen molar-refractivity contribution < 1.29 is 23.9 Å². The molecule has 208 valence electrons. The van der Waals surface area contributed by atoms with Gasteiger partial charge in [-0.3, -0.25) is 14.4 Å². The molecule has 0 saturated heterocycles. The standard InChI is InChI=1S/C27H40N6O5/c1-17(2)14-24(35)32-11-7-10-28-27(36)20-8-9-21(37-6)22(15-20)38-13-12-33-26(29-19(5)31-33)25(18(3)4)30-23(34)16-32/h8-9,15,17-18,25H,7,10-14,16H2,1-6H3,(H,28,36)(H,30,34)/t25-/m0/s1. The maximum absolute atomic E-state index is 13.2. The van der Waals surface area contributed by atoms with E-state index in [1.807, 2.05) is 27.7 Å². The Kier molecular flexibility index (Phi) is 10.1. The molecule has 1 aromatic heterocycles. The van der Waals surface area contributed by atoms with Gasteiger partial charge in [-0.2, -0.15) is 5.10 Å². The van der Waals surface area contributed by atoms with Crippen molar-refractivity contribution in [2.45, 2.75) is 60.0 Å². The predicted octanol–water partition coefficient (Wildman–Crippen LogP) is 2.50. The summed E-state index contributed by atoms with van der Waals surface area (Å²) in [6.45, 7) is 11.0. The van der Waals surface area contributed by atoms with Crippen LogP contribution in [0, 0.1) is 18.8 Å². The maximum atomic E-state index is 13.2. The van der Waals surface area contributed by atoms with Crippen LogP contribution in [0.3, 0.4) is 0 Å². The summed E-state index contributed by atoms with van der Waals surface area (Å²) in [5.41, 5.74) is 0.436. The summed E-state index contributed by atoms with van der Waals surface area (Å²) in [4.78, 5) is 45.1. The van der Waals surface area contributed by atoms with E-state index in [0.29, 0.717) is 61.2 Å². The number of ether oxygens (including phenoxy) is 2. The summed E-state index contributed by atoms with van der Waals surface area (Å²) in [5.74, 6) is 1.73. The lowest BCUT2D eigenvalue weighted by molar-refractivity contribution is -0.137. The van der Waals surface area contributed by atoms with Gasteiger partial charge in [0.2, 0.25) is 11.8 Å². The Bertz CT molecular complexity index is 1130. The molecule has 38 heavy (non-hydrogen) atoms. The molecule has 0 aliphatic carbocycles. The number of hydrogen-bond donors (Lipinski definition) is 2. The van der Waals surface area contributed by atoms with Crippen molar-refractivity contribution in [2.75, 3.05) is 33.4 Å². The van der Waals surface area contributed by atoms with Gasteiger partial charge in [-0.25, -0.2) is 9.67 Å². The summed E-state index contributed by atoms with van der Waals surface area (Å²) in [7, 11) is 1.54. The summed E-state index contributed by atoms with van der Waals surface area (Å²) >= 11 is 0. The molecule has 1 aromatic carbocycles. The molecule has 1 aliphatic rings. The first kappa shape index (κ1) is 28.9. The van der Waals surface area contributed by atoms with E-state index in [9.17, 15) is 14.4 Å². The Morgan fingerprint density at radius 2 is 1.97 bits per heavy atom. The molecule has 0 saturated carbocycles. The van der Waals surface area contributed by atoms with Crippen LogP contribution in [0.4, 0.5) is 0 Å². The second-order valence-electron chi connectivity index (χ2n) is 10.3. The van der Waals surface area contributed by atoms with Crippen molar-refractivity contribution >= 4 is 17.7 Å². The third-order valence-corrected chi connectivity index (χ3v) is 6.21. The molecule has 2 bridgehead atoms. The van der Waals surface area contributed by atoms with Gasteiger partial charge in [-0.1, -0.05) is 27.7 Å². The first-order chi connectivity index (χ1) is 18.1. The monoisotopic (exact) mass is 528 g/mol. The van der Waals surface area contributed by atoms with Gasteiger partial charge in [0.05, 0.1) is 26.2 Å². The Morgan fingerprint density at radius 1 is 1.21 bits per heavy atom. The van der Waals surface area contributed by atoms with Gasteiger partial charge in [0.25, 0.3) is 5.91 Å². The molecule has 0 unspecified atom stereocenters. The van der Waals surface area contributed by atoms with Crippen LogP contribution in [-0.2, 0) is 16.1 Å². The Hall–Kier alpha value is -3.63. The average Bonchev–Trinajstić information content (AvgIpc) is 3.22. The van der Waals surface area contributed by atoms with Gasteiger partial charge in [0.1, 0.15) is 18.3 Å². The molecular weight excluding hydrogens is 488 g/mol. The number of nitrogens with one attached hydrogen (secondary N) is 2. The minimum Gasteiger partial charge on any atom is -0.493 e. The lowest BCUT2D eigenvalue weighted by atomic mass is 10.0. The molecular formula is C27H40N6O5. The van der Waals surface area contributed by atoms with Crippen LogP contribution in [0.5, 0.6) is 11.5 Å². The molecule has 2 N–H and O–H groups in total. The summed E-state index contributed by atoms with van der Waals surface area (Å²) in [6, 6.07) is 4.63. The molecule has 1 aliphatic heterocycles. The van der Waals surface area contributed by atoms with E-state index < -0.39 is 6.04 Å². The van der Waals surface area contributed by atoms with Crippen LogP contribution in [0.25, 0.3) is 0 Å². The summed E-state index contributed by atoms with van der Waals surface area (Å²) in [6.07, 6.45) is 0.846. The molecule has 2 aromatic rings.